The highest BCUT2D eigenvalue weighted by Crippen LogP contribution is 2.38. The molecule has 0 saturated heterocycles. The minimum Gasteiger partial charge on any atom is -0.352 e. The van der Waals surface area contributed by atoms with Gasteiger partial charge in [0.2, 0.25) is 0 Å². The van der Waals surface area contributed by atoms with E-state index in [1.54, 1.807) is 23.9 Å². The van der Waals surface area contributed by atoms with Gasteiger partial charge in [0.05, 0.1) is 11.3 Å². The average molecular weight is 421 g/mol. The van der Waals surface area contributed by atoms with E-state index in [0.717, 1.165) is 16.2 Å². The number of hydrogen-bond donors (Lipinski definition) is 2. The zero-order valence-corrected chi connectivity index (χ0v) is 17.5. The Morgan fingerprint density at radius 3 is 2.62 bits per heavy atom. The minimum atomic E-state index is -0.155. The number of thioether (sulfide) groups is 1. The second kappa shape index (κ2) is 8.76. The van der Waals surface area contributed by atoms with Crippen LogP contribution in [0.4, 0.5) is 5.69 Å². The van der Waals surface area contributed by atoms with E-state index >= 15 is 0 Å². The largest absolute Gasteiger partial charge is 0.352 e. The normalized spacial score (nSPS) is 12.4. The first-order valence-electron chi connectivity index (χ1n) is 9.27. The number of carbonyl (C=O) groups excluding carboxylic acids is 2. The van der Waals surface area contributed by atoms with Crippen LogP contribution in [-0.2, 0) is 6.42 Å². The summed E-state index contributed by atoms with van der Waals surface area (Å²) >= 11 is 3.24. The van der Waals surface area contributed by atoms with Gasteiger partial charge in [0.25, 0.3) is 11.8 Å². The third kappa shape index (κ3) is 4.49. The lowest BCUT2D eigenvalue weighted by molar-refractivity contribution is 0.0952. The van der Waals surface area contributed by atoms with E-state index in [1.807, 2.05) is 30.3 Å². The molecule has 2 N–H and O–H groups in total. The molecule has 146 valence electrons. The molecule has 0 radical (unpaired) electrons. The van der Waals surface area contributed by atoms with Crippen LogP contribution in [0.15, 0.2) is 81.4 Å². The number of amides is 2. The Morgan fingerprint density at radius 1 is 1.03 bits per heavy atom. The molecule has 3 aromatic rings. The SMILES string of the molecule is CSc1ccc(CCNC(=O)c2ccc3c(c2)NC(=O)c2ccccc2S3)cc1. The first kappa shape index (κ1) is 19.6. The van der Waals surface area contributed by atoms with Crippen molar-refractivity contribution in [3.05, 3.63) is 83.4 Å². The molecule has 0 unspecified atom stereocenters. The van der Waals surface area contributed by atoms with Crippen molar-refractivity contribution in [1.82, 2.24) is 5.32 Å². The molecule has 6 heteroatoms. The number of carbonyl (C=O) groups is 2. The number of benzene rings is 3. The van der Waals surface area contributed by atoms with Crippen molar-refractivity contribution >= 4 is 41.0 Å². The molecule has 0 atom stereocenters. The molecule has 0 spiro atoms. The van der Waals surface area contributed by atoms with E-state index in [2.05, 4.69) is 41.2 Å². The Balaban J connectivity index is 1.42. The summed E-state index contributed by atoms with van der Waals surface area (Å²) in [7, 11) is 0. The fourth-order valence-corrected chi connectivity index (χ4v) is 4.54. The van der Waals surface area contributed by atoms with Gasteiger partial charge in [-0.1, -0.05) is 36.0 Å². The van der Waals surface area contributed by atoms with Crippen molar-refractivity contribution in [2.45, 2.75) is 21.1 Å². The molecule has 0 aromatic heterocycles. The van der Waals surface area contributed by atoms with Gasteiger partial charge in [-0.05, 0) is 60.7 Å². The van der Waals surface area contributed by atoms with Crippen molar-refractivity contribution < 1.29 is 9.59 Å². The van der Waals surface area contributed by atoms with Crippen molar-refractivity contribution in [3.8, 4) is 0 Å². The number of rotatable bonds is 5. The fraction of sp³-hybridized carbons (Fsp3) is 0.130. The van der Waals surface area contributed by atoms with Gasteiger partial charge in [-0.15, -0.1) is 11.8 Å². The second-order valence-corrected chi connectivity index (χ2v) is 8.58. The topological polar surface area (TPSA) is 58.2 Å². The average Bonchev–Trinajstić information content (AvgIpc) is 2.89. The maximum absolute atomic E-state index is 12.6. The molecular formula is C23H20N2O2S2. The standard InChI is InChI=1S/C23H20N2O2S2/c1-28-17-9-6-15(7-10-17)12-13-24-22(26)16-8-11-21-19(14-16)25-23(27)18-4-2-3-5-20(18)29-21/h2-11,14H,12-13H2,1H3,(H,24,26)(H,25,27). The summed E-state index contributed by atoms with van der Waals surface area (Å²) in [5.41, 5.74) is 3.03. The number of hydrogen-bond acceptors (Lipinski definition) is 4. The van der Waals surface area contributed by atoms with Crippen LogP contribution in [0.25, 0.3) is 0 Å². The molecule has 1 heterocycles. The van der Waals surface area contributed by atoms with Crippen molar-refractivity contribution in [3.63, 3.8) is 0 Å². The van der Waals surface area contributed by atoms with E-state index in [4.69, 9.17) is 0 Å². The number of nitrogens with one attached hydrogen (secondary N) is 2. The Kier molecular flexibility index (Phi) is 5.92. The lowest BCUT2D eigenvalue weighted by Crippen LogP contribution is -2.25. The molecule has 1 aliphatic heterocycles. The summed E-state index contributed by atoms with van der Waals surface area (Å²) < 4.78 is 0. The summed E-state index contributed by atoms with van der Waals surface area (Å²) in [6, 6.07) is 21.3. The monoisotopic (exact) mass is 420 g/mol. The zero-order valence-electron chi connectivity index (χ0n) is 15.9. The Bertz CT molecular complexity index is 1060. The minimum absolute atomic E-state index is 0.144. The van der Waals surface area contributed by atoms with Crippen molar-refractivity contribution in [1.29, 1.82) is 0 Å². The van der Waals surface area contributed by atoms with Crippen LogP contribution in [0.3, 0.4) is 0 Å². The first-order valence-corrected chi connectivity index (χ1v) is 11.3. The predicted molar refractivity (Wildman–Crippen MR) is 119 cm³/mol. The molecule has 2 amide bonds. The molecule has 0 saturated carbocycles. The van der Waals surface area contributed by atoms with E-state index in [9.17, 15) is 9.59 Å². The highest BCUT2D eigenvalue weighted by molar-refractivity contribution is 7.99. The van der Waals surface area contributed by atoms with E-state index in [-0.39, 0.29) is 11.8 Å². The third-order valence-electron chi connectivity index (χ3n) is 4.70. The lowest BCUT2D eigenvalue weighted by Gasteiger charge is -2.10. The van der Waals surface area contributed by atoms with Crippen molar-refractivity contribution in [2.24, 2.45) is 0 Å². The highest BCUT2D eigenvalue weighted by atomic mass is 32.2. The maximum Gasteiger partial charge on any atom is 0.256 e. The molecule has 3 aromatic carbocycles. The van der Waals surface area contributed by atoms with E-state index in [0.29, 0.717) is 23.4 Å². The van der Waals surface area contributed by atoms with E-state index in [1.165, 1.54) is 22.2 Å². The Labute approximate surface area is 178 Å². The van der Waals surface area contributed by atoms with Gasteiger partial charge in [-0.25, -0.2) is 0 Å². The Morgan fingerprint density at radius 2 is 1.83 bits per heavy atom. The highest BCUT2D eigenvalue weighted by Gasteiger charge is 2.20. The summed E-state index contributed by atoms with van der Waals surface area (Å²) in [5.74, 6) is -0.298. The summed E-state index contributed by atoms with van der Waals surface area (Å²) in [6.07, 6.45) is 2.82. The van der Waals surface area contributed by atoms with Gasteiger partial charge in [0.1, 0.15) is 0 Å². The molecular weight excluding hydrogens is 400 g/mol. The number of anilines is 1. The van der Waals surface area contributed by atoms with Crippen LogP contribution in [-0.4, -0.2) is 24.6 Å². The summed E-state index contributed by atoms with van der Waals surface area (Å²) in [6.45, 7) is 0.557. The van der Waals surface area contributed by atoms with Crippen LogP contribution in [0, 0.1) is 0 Å². The van der Waals surface area contributed by atoms with Gasteiger partial charge in [0.15, 0.2) is 0 Å². The second-order valence-electron chi connectivity index (χ2n) is 6.62. The molecule has 1 aliphatic rings. The van der Waals surface area contributed by atoms with Crippen LogP contribution in [0.2, 0.25) is 0 Å². The van der Waals surface area contributed by atoms with Crippen LogP contribution in [0.5, 0.6) is 0 Å². The van der Waals surface area contributed by atoms with Gasteiger partial charge < -0.3 is 10.6 Å². The van der Waals surface area contributed by atoms with Crippen LogP contribution >= 0.6 is 23.5 Å². The molecule has 29 heavy (non-hydrogen) atoms. The first-order chi connectivity index (χ1) is 14.1. The maximum atomic E-state index is 12.6. The van der Waals surface area contributed by atoms with Gasteiger partial charge in [0, 0.05) is 26.8 Å². The lowest BCUT2D eigenvalue weighted by atomic mass is 10.1. The van der Waals surface area contributed by atoms with Crippen LogP contribution < -0.4 is 10.6 Å². The fourth-order valence-electron chi connectivity index (χ4n) is 3.12. The molecule has 0 bridgehead atoms. The van der Waals surface area contributed by atoms with Gasteiger partial charge in [-0.3, -0.25) is 9.59 Å². The van der Waals surface area contributed by atoms with Gasteiger partial charge >= 0.3 is 0 Å². The zero-order chi connectivity index (χ0) is 20.2. The number of fused-ring (bicyclic) bond motifs is 2. The predicted octanol–water partition coefficient (Wildman–Crippen LogP) is 5.10. The van der Waals surface area contributed by atoms with Crippen LogP contribution in [0.1, 0.15) is 26.3 Å². The van der Waals surface area contributed by atoms with E-state index < -0.39 is 0 Å². The molecule has 0 fully saturated rings. The molecule has 0 aliphatic carbocycles. The summed E-state index contributed by atoms with van der Waals surface area (Å²) in [4.78, 5) is 28.1. The van der Waals surface area contributed by atoms with Gasteiger partial charge in [-0.2, -0.15) is 0 Å². The summed E-state index contributed by atoms with van der Waals surface area (Å²) in [5, 5.41) is 5.89. The Hall–Kier alpha value is -2.70. The smallest absolute Gasteiger partial charge is 0.256 e. The molecule has 4 rings (SSSR count). The third-order valence-corrected chi connectivity index (χ3v) is 6.60. The molecule has 4 nitrogen and oxygen atoms in total. The quantitative estimate of drug-likeness (QED) is 0.564. The van der Waals surface area contributed by atoms with Crippen molar-refractivity contribution in [2.75, 3.05) is 18.1 Å².